The molecule has 0 bridgehead atoms. The summed E-state index contributed by atoms with van der Waals surface area (Å²) in [6.45, 7) is 7.34. The van der Waals surface area contributed by atoms with Gasteiger partial charge in [0.25, 0.3) is 0 Å². The second-order valence-corrected chi connectivity index (χ2v) is 7.63. The van der Waals surface area contributed by atoms with Gasteiger partial charge in [0.15, 0.2) is 0 Å². The standard InChI is InChI=1S/C16H31N3O4S/c1-9(2)8-12(16(22)23)18-15(21)13(10(3)4)19-14(20)11(17)6-7-24-5/h9-13H,6-8,17H2,1-5H3,(H,18,21)(H,19,20)(H,22,23). The average molecular weight is 362 g/mol. The second-order valence-electron chi connectivity index (χ2n) is 6.65. The van der Waals surface area contributed by atoms with Crippen molar-refractivity contribution in [2.75, 3.05) is 12.0 Å². The normalized spacial score (nSPS) is 15.0. The van der Waals surface area contributed by atoms with Crippen molar-refractivity contribution in [1.82, 2.24) is 10.6 Å². The molecule has 0 aromatic heterocycles. The highest BCUT2D eigenvalue weighted by Gasteiger charge is 2.30. The van der Waals surface area contributed by atoms with Crippen molar-refractivity contribution in [2.45, 2.75) is 58.7 Å². The monoisotopic (exact) mass is 361 g/mol. The quantitative estimate of drug-likeness (QED) is 0.432. The Hall–Kier alpha value is -1.28. The molecular weight excluding hydrogens is 330 g/mol. The van der Waals surface area contributed by atoms with Crippen LogP contribution in [0.5, 0.6) is 0 Å². The van der Waals surface area contributed by atoms with Gasteiger partial charge < -0.3 is 21.5 Å². The maximum Gasteiger partial charge on any atom is 0.326 e. The first kappa shape index (κ1) is 22.7. The molecule has 0 heterocycles. The molecule has 5 N–H and O–H groups in total. The zero-order chi connectivity index (χ0) is 18.9. The number of hydrogen-bond donors (Lipinski definition) is 4. The molecule has 0 spiro atoms. The number of rotatable bonds is 11. The highest BCUT2D eigenvalue weighted by Crippen LogP contribution is 2.08. The largest absolute Gasteiger partial charge is 0.480 e. The average Bonchev–Trinajstić information content (AvgIpc) is 2.47. The number of carboxylic acids is 1. The lowest BCUT2D eigenvalue weighted by atomic mass is 10.00. The summed E-state index contributed by atoms with van der Waals surface area (Å²) in [5, 5.41) is 14.4. The minimum atomic E-state index is -1.08. The number of carbonyl (C=O) groups excluding carboxylic acids is 2. The summed E-state index contributed by atoms with van der Waals surface area (Å²) < 4.78 is 0. The van der Waals surface area contributed by atoms with E-state index in [0.29, 0.717) is 12.8 Å². The van der Waals surface area contributed by atoms with Gasteiger partial charge in [-0.15, -0.1) is 0 Å². The fourth-order valence-electron chi connectivity index (χ4n) is 2.13. The number of aliphatic carboxylic acids is 1. The van der Waals surface area contributed by atoms with Crippen molar-refractivity contribution in [3.05, 3.63) is 0 Å². The smallest absolute Gasteiger partial charge is 0.326 e. The number of amides is 2. The zero-order valence-electron chi connectivity index (χ0n) is 15.2. The van der Waals surface area contributed by atoms with Gasteiger partial charge in [-0.3, -0.25) is 9.59 Å². The molecule has 0 saturated heterocycles. The molecule has 0 aliphatic rings. The van der Waals surface area contributed by atoms with Gasteiger partial charge >= 0.3 is 5.97 Å². The van der Waals surface area contributed by atoms with E-state index in [1.54, 1.807) is 25.6 Å². The van der Waals surface area contributed by atoms with E-state index in [0.717, 1.165) is 5.75 Å². The molecule has 140 valence electrons. The molecular formula is C16H31N3O4S. The van der Waals surface area contributed by atoms with Crippen molar-refractivity contribution < 1.29 is 19.5 Å². The first-order chi connectivity index (χ1) is 11.1. The van der Waals surface area contributed by atoms with E-state index >= 15 is 0 Å². The summed E-state index contributed by atoms with van der Waals surface area (Å²) in [4.78, 5) is 35.8. The summed E-state index contributed by atoms with van der Waals surface area (Å²) in [5.41, 5.74) is 5.82. The molecule has 7 nitrogen and oxygen atoms in total. The third-order valence-electron chi connectivity index (χ3n) is 3.54. The van der Waals surface area contributed by atoms with Crippen LogP contribution >= 0.6 is 11.8 Å². The Morgan fingerprint density at radius 3 is 2.08 bits per heavy atom. The number of carbonyl (C=O) groups is 3. The minimum absolute atomic E-state index is 0.124. The Bertz CT molecular complexity index is 430. The Labute approximate surface area is 148 Å². The summed E-state index contributed by atoms with van der Waals surface area (Å²) in [6.07, 6.45) is 2.77. The van der Waals surface area contributed by atoms with E-state index in [9.17, 15) is 19.5 Å². The molecule has 0 aromatic carbocycles. The van der Waals surface area contributed by atoms with Crippen LogP contribution in [-0.2, 0) is 14.4 Å². The van der Waals surface area contributed by atoms with E-state index in [1.165, 1.54) is 0 Å². The van der Waals surface area contributed by atoms with Crippen LogP contribution in [0, 0.1) is 11.8 Å². The number of thioether (sulfide) groups is 1. The van der Waals surface area contributed by atoms with Crippen molar-refractivity contribution in [2.24, 2.45) is 17.6 Å². The van der Waals surface area contributed by atoms with Crippen LogP contribution in [0.25, 0.3) is 0 Å². The highest BCUT2D eigenvalue weighted by atomic mass is 32.2. The third-order valence-corrected chi connectivity index (χ3v) is 4.18. The lowest BCUT2D eigenvalue weighted by Crippen LogP contribution is -2.56. The SMILES string of the molecule is CSCCC(N)C(=O)NC(C(=O)NC(CC(C)C)C(=O)O)C(C)C. The summed E-state index contributed by atoms with van der Waals surface area (Å²) >= 11 is 1.59. The van der Waals surface area contributed by atoms with Crippen LogP contribution in [-0.4, -0.2) is 53.0 Å². The third kappa shape index (κ3) is 8.54. The molecule has 0 radical (unpaired) electrons. The summed E-state index contributed by atoms with van der Waals surface area (Å²) in [7, 11) is 0. The molecule has 0 aromatic rings. The van der Waals surface area contributed by atoms with Crippen LogP contribution in [0.4, 0.5) is 0 Å². The molecule has 3 unspecified atom stereocenters. The van der Waals surface area contributed by atoms with Gasteiger partial charge in [0.05, 0.1) is 6.04 Å². The summed E-state index contributed by atoms with van der Waals surface area (Å²) in [5.74, 6) is -1.28. The second kappa shape index (κ2) is 11.3. The van der Waals surface area contributed by atoms with Gasteiger partial charge in [0, 0.05) is 0 Å². The van der Waals surface area contributed by atoms with Gasteiger partial charge in [-0.25, -0.2) is 4.79 Å². The molecule has 0 aliphatic heterocycles. The zero-order valence-corrected chi connectivity index (χ0v) is 16.0. The van der Waals surface area contributed by atoms with Crippen LogP contribution < -0.4 is 16.4 Å². The number of hydrogen-bond acceptors (Lipinski definition) is 5. The fraction of sp³-hybridized carbons (Fsp3) is 0.812. The Morgan fingerprint density at radius 1 is 1.08 bits per heavy atom. The van der Waals surface area contributed by atoms with E-state index in [2.05, 4.69) is 10.6 Å². The molecule has 0 fully saturated rings. The Kier molecular flexibility index (Phi) is 10.7. The maximum atomic E-state index is 12.4. The first-order valence-corrected chi connectivity index (χ1v) is 9.57. The van der Waals surface area contributed by atoms with Gasteiger partial charge in [-0.1, -0.05) is 27.7 Å². The van der Waals surface area contributed by atoms with Crippen LogP contribution in [0.1, 0.15) is 40.5 Å². The highest BCUT2D eigenvalue weighted by molar-refractivity contribution is 7.98. The van der Waals surface area contributed by atoms with E-state index < -0.39 is 35.9 Å². The molecule has 0 aliphatic carbocycles. The Morgan fingerprint density at radius 2 is 1.67 bits per heavy atom. The molecule has 8 heteroatoms. The predicted molar refractivity (Wildman–Crippen MR) is 96.8 cm³/mol. The lowest BCUT2D eigenvalue weighted by Gasteiger charge is -2.25. The summed E-state index contributed by atoms with van der Waals surface area (Å²) in [6, 6.07) is -2.47. The molecule has 3 atom stereocenters. The van der Waals surface area contributed by atoms with Gasteiger partial charge in [-0.2, -0.15) is 11.8 Å². The van der Waals surface area contributed by atoms with E-state index in [1.807, 2.05) is 20.1 Å². The van der Waals surface area contributed by atoms with Crippen LogP contribution in [0.3, 0.4) is 0 Å². The fourth-order valence-corrected chi connectivity index (χ4v) is 2.62. The maximum absolute atomic E-state index is 12.4. The van der Waals surface area contributed by atoms with Crippen LogP contribution in [0.2, 0.25) is 0 Å². The van der Waals surface area contributed by atoms with Crippen LogP contribution in [0.15, 0.2) is 0 Å². The molecule has 0 saturated carbocycles. The van der Waals surface area contributed by atoms with Crippen molar-refractivity contribution in [3.8, 4) is 0 Å². The van der Waals surface area contributed by atoms with Crippen molar-refractivity contribution in [1.29, 1.82) is 0 Å². The molecule has 2 amide bonds. The number of carboxylic acid groups (broad SMARTS) is 1. The minimum Gasteiger partial charge on any atom is -0.480 e. The first-order valence-electron chi connectivity index (χ1n) is 8.18. The molecule has 0 rings (SSSR count). The lowest BCUT2D eigenvalue weighted by molar-refractivity contribution is -0.143. The van der Waals surface area contributed by atoms with Gasteiger partial charge in [0.2, 0.25) is 11.8 Å². The van der Waals surface area contributed by atoms with Gasteiger partial charge in [-0.05, 0) is 36.7 Å². The van der Waals surface area contributed by atoms with Crippen molar-refractivity contribution in [3.63, 3.8) is 0 Å². The van der Waals surface area contributed by atoms with Crippen molar-refractivity contribution >= 4 is 29.5 Å². The number of nitrogens with two attached hydrogens (primary N) is 1. The van der Waals surface area contributed by atoms with E-state index in [-0.39, 0.29) is 11.8 Å². The van der Waals surface area contributed by atoms with Gasteiger partial charge in [0.1, 0.15) is 12.1 Å². The topological polar surface area (TPSA) is 122 Å². The number of nitrogens with one attached hydrogen (secondary N) is 2. The molecule has 24 heavy (non-hydrogen) atoms. The van der Waals surface area contributed by atoms with E-state index in [4.69, 9.17) is 5.73 Å². The Balaban J connectivity index is 4.88. The predicted octanol–water partition coefficient (Wildman–Crippen LogP) is 0.823.